The van der Waals surface area contributed by atoms with E-state index >= 15 is 0 Å². The number of nitrogens with zero attached hydrogens (tertiary/aromatic N) is 2. The van der Waals surface area contributed by atoms with Crippen LogP contribution in [-0.4, -0.2) is 43.6 Å². The van der Waals surface area contributed by atoms with Gasteiger partial charge in [-0.15, -0.1) is 24.0 Å². The Labute approximate surface area is 162 Å². The lowest BCUT2D eigenvalue weighted by Gasteiger charge is -2.38. The van der Waals surface area contributed by atoms with Crippen LogP contribution in [0, 0.1) is 0 Å². The maximum absolute atomic E-state index is 12.9. The third-order valence-electron chi connectivity index (χ3n) is 4.60. The Kier molecular flexibility index (Phi) is 6.95. The molecule has 1 aliphatic heterocycles. The number of rotatable bonds is 2. The summed E-state index contributed by atoms with van der Waals surface area (Å²) in [5.41, 5.74) is -0.0914. The van der Waals surface area contributed by atoms with Gasteiger partial charge in [0.1, 0.15) is 6.10 Å². The van der Waals surface area contributed by atoms with Gasteiger partial charge in [-0.25, -0.2) is 0 Å². The van der Waals surface area contributed by atoms with E-state index in [0.717, 1.165) is 24.9 Å². The first kappa shape index (κ1) is 20.3. The molecule has 0 spiro atoms. The minimum Gasteiger partial charge on any atom is -0.370 e. The van der Waals surface area contributed by atoms with Crippen LogP contribution in [0.25, 0.3) is 0 Å². The van der Waals surface area contributed by atoms with E-state index in [2.05, 4.69) is 15.2 Å². The highest BCUT2D eigenvalue weighted by atomic mass is 127. The van der Waals surface area contributed by atoms with Crippen LogP contribution < -0.4 is 5.32 Å². The summed E-state index contributed by atoms with van der Waals surface area (Å²) in [4.78, 5) is 6.38. The zero-order valence-corrected chi connectivity index (χ0v) is 16.4. The number of ether oxygens (including phenoxy) is 1. The lowest BCUT2D eigenvalue weighted by atomic mass is 9.93. The number of aliphatic imine (C=N–C) groups is 1. The molecule has 2 fully saturated rings. The summed E-state index contributed by atoms with van der Waals surface area (Å²) < 4.78 is 44.4. The van der Waals surface area contributed by atoms with Gasteiger partial charge in [0, 0.05) is 19.6 Å². The molecule has 2 aliphatic rings. The molecule has 1 aromatic carbocycles. The van der Waals surface area contributed by atoms with Crippen molar-refractivity contribution in [3.05, 3.63) is 35.4 Å². The number of hydrogen-bond acceptors (Lipinski definition) is 2. The zero-order chi connectivity index (χ0) is 17.2. The molecular formula is C17H23F3IN3O. The molecule has 1 unspecified atom stereocenters. The summed E-state index contributed by atoms with van der Waals surface area (Å²) in [5, 5.41) is 3.42. The number of benzene rings is 1. The SMILES string of the molecule is CN=C(NC1CCC1)N1CCOC(c2cccc(C(F)(F)F)c2)C1.I. The number of guanidine groups is 1. The normalized spacial score (nSPS) is 22.2. The lowest BCUT2D eigenvalue weighted by molar-refractivity contribution is -0.137. The molecule has 8 heteroatoms. The summed E-state index contributed by atoms with van der Waals surface area (Å²) in [7, 11) is 1.73. The molecule has 1 aromatic rings. The smallest absolute Gasteiger partial charge is 0.370 e. The van der Waals surface area contributed by atoms with Crippen molar-refractivity contribution in [1.29, 1.82) is 0 Å². The van der Waals surface area contributed by atoms with Gasteiger partial charge in [0.25, 0.3) is 0 Å². The van der Waals surface area contributed by atoms with Crippen molar-refractivity contribution in [2.24, 2.45) is 4.99 Å². The molecule has 140 valence electrons. The van der Waals surface area contributed by atoms with Crippen LogP contribution in [0.1, 0.15) is 36.5 Å². The highest BCUT2D eigenvalue weighted by Crippen LogP contribution is 2.32. The molecule has 1 saturated heterocycles. The lowest BCUT2D eigenvalue weighted by Crippen LogP contribution is -2.52. The fourth-order valence-corrected chi connectivity index (χ4v) is 2.99. The van der Waals surface area contributed by atoms with Crippen LogP contribution in [0.3, 0.4) is 0 Å². The summed E-state index contributed by atoms with van der Waals surface area (Å²) in [6.07, 6.45) is -1.22. The average Bonchev–Trinajstić information content (AvgIpc) is 2.53. The van der Waals surface area contributed by atoms with E-state index in [1.54, 1.807) is 13.1 Å². The molecule has 0 bridgehead atoms. The third-order valence-corrected chi connectivity index (χ3v) is 4.60. The number of nitrogens with one attached hydrogen (secondary N) is 1. The van der Waals surface area contributed by atoms with E-state index in [1.807, 2.05) is 0 Å². The monoisotopic (exact) mass is 469 g/mol. The second-order valence-corrected chi connectivity index (χ2v) is 6.25. The first-order chi connectivity index (χ1) is 11.5. The van der Waals surface area contributed by atoms with Gasteiger partial charge < -0.3 is 15.0 Å². The minimum absolute atomic E-state index is 0. The van der Waals surface area contributed by atoms with Gasteiger partial charge in [-0.1, -0.05) is 12.1 Å². The Balaban J connectivity index is 0.00000225. The average molecular weight is 469 g/mol. The molecule has 25 heavy (non-hydrogen) atoms. The van der Waals surface area contributed by atoms with Crippen LogP contribution in [0.5, 0.6) is 0 Å². The van der Waals surface area contributed by atoms with Gasteiger partial charge in [0.2, 0.25) is 0 Å². The Bertz CT molecular complexity index is 605. The predicted octanol–water partition coefficient (Wildman–Crippen LogP) is 3.82. The molecule has 4 nitrogen and oxygen atoms in total. The Hall–Kier alpha value is -1.03. The van der Waals surface area contributed by atoms with Crippen LogP contribution >= 0.6 is 24.0 Å². The van der Waals surface area contributed by atoms with Crippen molar-refractivity contribution in [1.82, 2.24) is 10.2 Å². The van der Waals surface area contributed by atoms with Crippen molar-refractivity contribution in [3.8, 4) is 0 Å². The maximum Gasteiger partial charge on any atom is 0.416 e. The largest absolute Gasteiger partial charge is 0.416 e. The topological polar surface area (TPSA) is 36.9 Å². The first-order valence-electron chi connectivity index (χ1n) is 8.24. The summed E-state index contributed by atoms with van der Waals surface area (Å²) in [5.74, 6) is 0.806. The van der Waals surface area contributed by atoms with Crippen LogP contribution in [-0.2, 0) is 10.9 Å². The zero-order valence-electron chi connectivity index (χ0n) is 14.1. The van der Waals surface area contributed by atoms with Crippen molar-refractivity contribution < 1.29 is 17.9 Å². The Morgan fingerprint density at radius 2 is 2.08 bits per heavy atom. The molecule has 3 rings (SSSR count). The van der Waals surface area contributed by atoms with Gasteiger partial charge in [-0.3, -0.25) is 4.99 Å². The van der Waals surface area contributed by atoms with Crippen molar-refractivity contribution >= 4 is 29.9 Å². The number of hydrogen-bond donors (Lipinski definition) is 1. The van der Waals surface area contributed by atoms with E-state index in [0.29, 0.717) is 31.3 Å². The van der Waals surface area contributed by atoms with Crippen LogP contribution in [0.2, 0.25) is 0 Å². The molecule has 1 N–H and O–H groups in total. The third kappa shape index (κ3) is 4.99. The van der Waals surface area contributed by atoms with Gasteiger partial charge in [-0.05, 0) is 37.0 Å². The molecular weight excluding hydrogens is 446 g/mol. The second-order valence-electron chi connectivity index (χ2n) is 6.25. The van der Waals surface area contributed by atoms with Gasteiger partial charge >= 0.3 is 6.18 Å². The molecule has 1 saturated carbocycles. The summed E-state index contributed by atoms with van der Waals surface area (Å²) >= 11 is 0. The fraction of sp³-hybridized carbons (Fsp3) is 0.588. The van der Waals surface area contributed by atoms with Gasteiger partial charge in [-0.2, -0.15) is 13.2 Å². The molecule has 1 atom stereocenters. The minimum atomic E-state index is -4.34. The van der Waals surface area contributed by atoms with E-state index in [1.165, 1.54) is 18.6 Å². The Morgan fingerprint density at radius 3 is 2.68 bits per heavy atom. The molecule has 0 amide bonds. The Morgan fingerprint density at radius 1 is 1.32 bits per heavy atom. The molecule has 0 aromatic heterocycles. The second kappa shape index (κ2) is 8.57. The number of morpholine rings is 1. The van der Waals surface area contributed by atoms with Crippen LogP contribution in [0.4, 0.5) is 13.2 Å². The van der Waals surface area contributed by atoms with E-state index in [9.17, 15) is 13.2 Å². The van der Waals surface area contributed by atoms with Crippen LogP contribution in [0.15, 0.2) is 29.3 Å². The highest BCUT2D eigenvalue weighted by Gasteiger charge is 2.32. The maximum atomic E-state index is 12.9. The van der Waals surface area contributed by atoms with Gasteiger partial charge in [0.05, 0.1) is 18.7 Å². The quantitative estimate of drug-likeness (QED) is 0.407. The summed E-state index contributed by atoms with van der Waals surface area (Å²) in [6, 6.07) is 5.84. The van der Waals surface area contributed by atoms with Gasteiger partial charge in [0.15, 0.2) is 5.96 Å². The molecule has 1 aliphatic carbocycles. The number of halogens is 4. The van der Waals surface area contributed by atoms with Crippen molar-refractivity contribution in [3.63, 3.8) is 0 Å². The predicted molar refractivity (Wildman–Crippen MR) is 101 cm³/mol. The molecule has 0 radical (unpaired) electrons. The highest BCUT2D eigenvalue weighted by molar-refractivity contribution is 14.0. The standard InChI is InChI=1S/C17H22F3N3O.HI/c1-21-16(22-14-6-3-7-14)23-8-9-24-15(11-23)12-4-2-5-13(10-12)17(18,19)20;/h2,4-5,10,14-15H,3,6-9,11H2,1H3,(H,21,22);1H. The van der Waals surface area contributed by atoms with E-state index in [4.69, 9.17) is 4.74 Å². The first-order valence-corrected chi connectivity index (χ1v) is 8.24. The van der Waals surface area contributed by atoms with Crippen molar-refractivity contribution in [2.45, 2.75) is 37.6 Å². The molecule has 1 heterocycles. The fourth-order valence-electron chi connectivity index (χ4n) is 2.99. The van der Waals surface area contributed by atoms with E-state index in [-0.39, 0.29) is 30.1 Å². The number of alkyl halides is 3. The van der Waals surface area contributed by atoms with E-state index < -0.39 is 11.7 Å². The van der Waals surface area contributed by atoms with Crippen molar-refractivity contribution in [2.75, 3.05) is 26.7 Å². The summed E-state index contributed by atoms with van der Waals surface area (Å²) in [6.45, 7) is 1.64.